The summed E-state index contributed by atoms with van der Waals surface area (Å²) in [6, 6.07) is 6.21. The Hall–Kier alpha value is -1.48. The molecule has 0 atom stereocenters. The van der Waals surface area contributed by atoms with E-state index in [2.05, 4.69) is 22.0 Å². The molecule has 1 aliphatic heterocycles. The van der Waals surface area contributed by atoms with Gasteiger partial charge in [0.25, 0.3) is 5.91 Å². The third kappa shape index (κ3) is 5.27. The predicted octanol–water partition coefficient (Wildman–Crippen LogP) is 0.435. The molecule has 1 heterocycles. The number of sulfonamides is 1. The summed E-state index contributed by atoms with van der Waals surface area (Å²) in [5, 5.41) is 2.99. The van der Waals surface area contributed by atoms with Crippen LogP contribution < -0.4 is 10.0 Å². The van der Waals surface area contributed by atoms with Gasteiger partial charge in [-0.05, 0) is 51.2 Å². The standard InChI is InChI=1S/C16H25N3O4S/c1-19-9-6-14(7-10-19)18-16(20)13-4-3-5-15(12-13)24(21,22)17-8-11-23-2/h3-5,12,14,17H,6-11H2,1-2H3,(H,18,20). The number of hydrogen-bond donors (Lipinski definition) is 2. The van der Waals surface area contributed by atoms with Crippen molar-refractivity contribution in [1.82, 2.24) is 14.9 Å². The van der Waals surface area contributed by atoms with Gasteiger partial charge in [0.05, 0.1) is 11.5 Å². The van der Waals surface area contributed by atoms with Crippen LogP contribution in [0.25, 0.3) is 0 Å². The summed E-state index contributed by atoms with van der Waals surface area (Å²) in [4.78, 5) is 14.7. The summed E-state index contributed by atoms with van der Waals surface area (Å²) < 4.78 is 31.7. The molecule has 0 aromatic heterocycles. The Balaban J connectivity index is 2.02. The molecular formula is C16H25N3O4S. The molecule has 134 valence electrons. The van der Waals surface area contributed by atoms with Crippen LogP contribution in [0.1, 0.15) is 23.2 Å². The van der Waals surface area contributed by atoms with Gasteiger partial charge in [-0.15, -0.1) is 0 Å². The van der Waals surface area contributed by atoms with E-state index in [4.69, 9.17) is 4.74 Å². The second-order valence-electron chi connectivity index (χ2n) is 5.97. The highest BCUT2D eigenvalue weighted by atomic mass is 32.2. The van der Waals surface area contributed by atoms with E-state index in [1.54, 1.807) is 12.1 Å². The number of carbonyl (C=O) groups is 1. The number of ether oxygens (including phenoxy) is 1. The van der Waals surface area contributed by atoms with Gasteiger partial charge in [-0.2, -0.15) is 0 Å². The monoisotopic (exact) mass is 355 g/mol. The highest BCUT2D eigenvalue weighted by molar-refractivity contribution is 7.89. The molecule has 0 bridgehead atoms. The summed E-state index contributed by atoms with van der Waals surface area (Å²) in [7, 11) is -0.0848. The van der Waals surface area contributed by atoms with E-state index in [1.807, 2.05) is 0 Å². The van der Waals surface area contributed by atoms with Crippen molar-refractivity contribution < 1.29 is 17.9 Å². The molecular weight excluding hydrogens is 330 g/mol. The Morgan fingerprint density at radius 2 is 2.04 bits per heavy atom. The first kappa shape index (κ1) is 18.9. The highest BCUT2D eigenvalue weighted by Gasteiger charge is 2.20. The van der Waals surface area contributed by atoms with Crippen LogP contribution in [0, 0.1) is 0 Å². The van der Waals surface area contributed by atoms with Crippen LogP contribution in [0.5, 0.6) is 0 Å². The molecule has 0 unspecified atom stereocenters. The van der Waals surface area contributed by atoms with Gasteiger partial charge in [-0.25, -0.2) is 13.1 Å². The lowest BCUT2D eigenvalue weighted by atomic mass is 10.0. The van der Waals surface area contributed by atoms with Crippen molar-refractivity contribution in [3.05, 3.63) is 29.8 Å². The normalized spacial score (nSPS) is 16.9. The molecule has 1 aromatic rings. The Bertz CT molecular complexity index is 655. The molecule has 2 rings (SSSR count). The quantitative estimate of drug-likeness (QED) is 0.693. The third-order valence-electron chi connectivity index (χ3n) is 4.06. The maximum Gasteiger partial charge on any atom is 0.251 e. The summed E-state index contributed by atoms with van der Waals surface area (Å²) in [5.74, 6) is -0.238. The van der Waals surface area contributed by atoms with Crippen molar-refractivity contribution in [2.75, 3.05) is 40.4 Å². The van der Waals surface area contributed by atoms with Crippen LogP contribution in [0.15, 0.2) is 29.2 Å². The zero-order valence-corrected chi connectivity index (χ0v) is 14.9. The van der Waals surface area contributed by atoms with Crippen molar-refractivity contribution in [3.8, 4) is 0 Å². The summed E-state index contributed by atoms with van der Waals surface area (Å²) in [5.41, 5.74) is 0.351. The number of carbonyl (C=O) groups excluding carboxylic acids is 1. The fourth-order valence-electron chi connectivity index (χ4n) is 2.59. The minimum Gasteiger partial charge on any atom is -0.383 e. The number of hydrogen-bond acceptors (Lipinski definition) is 5. The smallest absolute Gasteiger partial charge is 0.251 e. The molecule has 0 saturated carbocycles. The van der Waals surface area contributed by atoms with Gasteiger partial charge < -0.3 is 15.0 Å². The van der Waals surface area contributed by atoms with Gasteiger partial charge >= 0.3 is 0 Å². The van der Waals surface area contributed by atoms with E-state index < -0.39 is 10.0 Å². The number of nitrogens with one attached hydrogen (secondary N) is 2. The maximum atomic E-state index is 12.4. The first-order chi connectivity index (χ1) is 11.4. The minimum absolute atomic E-state index is 0.0784. The molecule has 0 aliphatic carbocycles. The lowest BCUT2D eigenvalue weighted by molar-refractivity contribution is 0.0916. The fourth-order valence-corrected chi connectivity index (χ4v) is 3.65. The first-order valence-electron chi connectivity index (χ1n) is 8.00. The molecule has 1 aromatic carbocycles. The highest BCUT2D eigenvalue weighted by Crippen LogP contribution is 2.13. The van der Waals surface area contributed by atoms with Gasteiger partial charge in [0.1, 0.15) is 0 Å². The number of piperidine rings is 1. The van der Waals surface area contributed by atoms with Crippen LogP contribution in [0.4, 0.5) is 0 Å². The first-order valence-corrected chi connectivity index (χ1v) is 9.49. The van der Waals surface area contributed by atoms with Gasteiger partial charge in [-0.3, -0.25) is 4.79 Å². The summed E-state index contributed by atoms with van der Waals surface area (Å²) in [6.07, 6.45) is 1.80. The SMILES string of the molecule is COCCNS(=O)(=O)c1cccc(C(=O)NC2CCN(C)CC2)c1. The van der Waals surface area contributed by atoms with Crippen LogP contribution in [0.3, 0.4) is 0 Å². The van der Waals surface area contributed by atoms with E-state index in [0.717, 1.165) is 25.9 Å². The average Bonchev–Trinajstić information content (AvgIpc) is 2.57. The van der Waals surface area contributed by atoms with E-state index in [-0.39, 0.29) is 30.0 Å². The molecule has 2 N–H and O–H groups in total. The molecule has 1 fully saturated rings. The number of amides is 1. The lowest BCUT2D eigenvalue weighted by Gasteiger charge is -2.29. The Morgan fingerprint density at radius 1 is 1.33 bits per heavy atom. The van der Waals surface area contributed by atoms with Crippen molar-refractivity contribution in [1.29, 1.82) is 0 Å². The predicted molar refractivity (Wildman–Crippen MR) is 91.5 cm³/mol. The van der Waals surface area contributed by atoms with E-state index in [1.165, 1.54) is 19.2 Å². The number of rotatable bonds is 7. The van der Waals surface area contributed by atoms with Crippen LogP contribution in [0.2, 0.25) is 0 Å². The van der Waals surface area contributed by atoms with Gasteiger partial charge in [-0.1, -0.05) is 6.07 Å². The average molecular weight is 355 g/mol. The zero-order chi connectivity index (χ0) is 17.6. The van der Waals surface area contributed by atoms with E-state index in [9.17, 15) is 13.2 Å². The van der Waals surface area contributed by atoms with E-state index in [0.29, 0.717) is 5.56 Å². The third-order valence-corrected chi connectivity index (χ3v) is 5.52. The van der Waals surface area contributed by atoms with Crippen molar-refractivity contribution in [2.24, 2.45) is 0 Å². The van der Waals surface area contributed by atoms with Crippen molar-refractivity contribution >= 4 is 15.9 Å². The summed E-state index contributed by atoms with van der Waals surface area (Å²) >= 11 is 0. The van der Waals surface area contributed by atoms with Crippen LogP contribution >= 0.6 is 0 Å². The number of benzene rings is 1. The van der Waals surface area contributed by atoms with Gasteiger partial charge in [0, 0.05) is 25.3 Å². The topological polar surface area (TPSA) is 87.7 Å². The van der Waals surface area contributed by atoms with Crippen molar-refractivity contribution in [2.45, 2.75) is 23.8 Å². The fraction of sp³-hybridized carbons (Fsp3) is 0.562. The number of methoxy groups -OCH3 is 1. The minimum atomic E-state index is -3.65. The van der Waals surface area contributed by atoms with Crippen LogP contribution in [-0.4, -0.2) is 65.7 Å². The van der Waals surface area contributed by atoms with Gasteiger partial charge in [0.2, 0.25) is 10.0 Å². The second-order valence-corrected chi connectivity index (χ2v) is 7.74. The van der Waals surface area contributed by atoms with E-state index >= 15 is 0 Å². The number of likely N-dealkylation sites (tertiary alicyclic amines) is 1. The zero-order valence-electron chi connectivity index (χ0n) is 14.1. The molecule has 1 saturated heterocycles. The Morgan fingerprint density at radius 3 is 2.71 bits per heavy atom. The van der Waals surface area contributed by atoms with Gasteiger partial charge in [0.15, 0.2) is 0 Å². The molecule has 1 aliphatic rings. The summed E-state index contributed by atoms with van der Waals surface area (Å²) in [6.45, 7) is 2.37. The number of nitrogens with zero attached hydrogens (tertiary/aromatic N) is 1. The molecule has 0 radical (unpaired) electrons. The molecule has 8 heteroatoms. The second kappa shape index (κ2) is 8.57. The molecule has 7 nitrogen and oxygen atoms in total. The lowest BCUT2D eigenvalue weighted by Crippen LogP contribution is -2.43. The Labute approximate surface area is 143 Å². The van der Waals surface area contributed by atoms with Crippen molar-refractivity contribution in [3.63, 3.8) is 0 Å². The molecule has 24 heavy (non-hydrogen) atoms. The molecule has 0 spiro atoms. The Kier molecular flexibility index (Phi) is 6.73. The molecule has 1 amide bonds. The van der Waals surface area contributed by atoms with Crippen LogP contribution in [-0.2, 0) is 14.8 Å². The largest absolute Gasteiger partial charge is 0.383 e. The maximum absolute atomic E-state index is 12.4.